The summed E-state index contributed by atoms with van der Waals surface area (Å²) in [4.78, 5) is 20.9. The van der Waals surface area contributed by atoms with Crippen molar-refractivity contribution in [1.82, 2.24) is 20.1 Å². The molecule has 1 aromatic heterocycles. The minimum atomic E-state index is 0.0433. The maximum absolute atomic E-state index is 12.2. The molecular formula is C19H30N4O3. The van der Waals surface area contributed by atoms with Crippen molar-refractivity contribution in [1.29, 1.82) is 0 Å². The van der Waals surface area contributed by atoms with Crippen molar-refractivity contribution in [2.75, 3.05) is 47.0 Å². The molecule has 144 valence electrons. The highest BCUT2D eigenvalue weighted by atomic mass is 16.5. The smallest absolute Gasteiger partial charge is 0.317 e. The molecule has 1 N–H and O–H groups in total. The van der Waals surface area contributed by atoms with Gasteiger partial charge in [0.1, 0.15) is 0 Å². The predicted molar refractivity (Wildman–Crippen MR) is 99.0 cm³/mol. The van der Waals surface area contributed by atoms with Crippen molar-refractivity contribution < 1.29 is 14.3 Å². The number of hydrogen-bond donors (Lipinski definition) is 1. The van der Waals surface area contributed by atoms with Crippen molar-refractivity contribution in [2.24, 2.45) is 0 Å². The first-order valence-corrected chi connectivity index (χ1v) is 9.44. The highest BCUT2D eigenvalue weighted by Crippen LogP contribution is 2.39. The summed E-state index contributed by atoms with van der Waals surface area (Å²) < 4.78 is 10.7. The van der Waals surface area contributed by atoms with Crippen LogP contribution in [0.3, 0.4) is 0 Å². The van der Waals surface area contributed by atoms with Gasteiger partial charge in [0.2, 0.25) is 0 Å². The summed E-state index contributed by atoms with van der Waals surface area (Å²) in [5.41, 5.74) is 1.21. The third-order valence-electron chi connectivity index (χ3n) is 5.45. The average molecular weight is 362 g/mol. The molecule has 2 saturated heterocycles. The number of methoxy groups -OCH3 is 2. The quantitative estimate of drug-likeness (QED) is 0.748. The molecule has 7 heteroatoms. The number of rotatable bonds is 7. The predicted octanol–water partition coefficient (Wildman–Crippen LogP) is 1.66. The summed E-state index contributed by atoms with van der Waals surface area (Å²) in [5, 5.41) is 2.98. The molecule has 2 amide bonds. The highest BCUT2D eigenvalue weighted by Gasteiger charge is 2.44. The molecule has 2 aliphatic rings. The van der Waals surface area contributed by atoms with Crippen LogP contribution in [0.2, 0.25) is 0 Å². The zero-order valence-electron chi connectivity index (χ0n) is 15.8. The number of carbonyl (C=O) groups excluding carboxylic acids is 1. The van der Waals surface area contributed by atoms with E-state index in [9.17, 15) is 4.79 Å². The third-order valence-corrected chi connectivity index (χ3v) is 5.45. The van der Waals surface area contributed by atoms with Crippen LogP contribution in [0.5, 0.6) is 0 Å². The van der Waals surface area contributed by atoms with Crippen LogP contribution >= 0.6 is 0 Å². The van der Waals surface area contributed by atoms with E-state index in [1.165, 1.54) is 5.56 Å². The van der Waals surface area contributed by atoms with E-state index in [1.807, 2.05) is 17.2 Å². The van der Waals surface area contributed by atoms with E-state index < -0.39 is 0 Å². The molecule has 0 saturated carbocycles. The lowest BCUT2D eigenvalue weighted by atomic mass is 9.88. The monoisotopic (exact) mass is 362 g/mol. The van der Waals surface area contributed by atoms with Crippen LogP contribution in [-0.4, -0.2) is 80.0 Å². The van der Waals surface area contributed by atoms with Crippen LogP contribution in [-0.2, 0) is 9.47 Å². The average Bonchev–Trinajstić information content (AvgIpc) is 2.66. The molecule has 3 heterocycles. The number of amides is 2. The van der Waals surface area contributed by atoms with Gasteiger partial charge in [-0.2, -0.15) is 0 Å². The number of urea groups is 1. The van der Waals surface area contributed by atoms with Gasteiger partial charge in [-0.15, -0.1) is 0 Å². The zero-order valence-corrected chi connectivity index (χ0v) is 15.8. The molecule has 0 unspecified atom stereocenters. The number of pyridine rings is 1. The molecule has 0 aliphatic carbocycles. The number of piperidine rings is 1. The summed E-state index contributed by atoms with van der Waals surface area (Å²) in [7, 11) is 3.46. The van der Waals surface area contributed by atoms with Crippen LogP contribution in [0.25, 0.3) is 0 Å². The van der Waals surface area contributed by atoms with Gasteiger partial charge >= 0.3 is 6.03 Å². The fourth-order valence-corrected chi connectivity index (χ4v) is 3.96. The lowest BCUT2D eigenvalue weighted by Gasteiger charge is -2.52. The zero-order chi connectivity index (χ0) is 18.4. The van der Waals surface area contributed by atoms with Crippen LogP contribution in [0.1, 0.15) is 30.9 Å². The van der Waals surface area contributed by atoms with Gasteiger partial charge in [-0.25, -0.2) is 4.79 Å². The van der Waals surface area contributed by atoms with E-state index in [2.05, 4.69) is 21.3 Å². The first-order chi connectivity index (χ1) is 12.7. The van der Waals surface area contributed by atoms with Crippen molar-refractivity contribution in [3.63, 3.8) is 0 Å². The topological polar surface area (TPSA) is 66.9 Å². The lowest BCUT2D eigenvalue weighted by molar-refractivity contribution is -0.115. The van der Waals surface area contributed by atoms with Gasteiger partial charge in [0.05, 0.1) is 12.1 Å². The standard InChI is InChI=1S/C19H30N4O3/c1-25-12-4-9-21-19(24)22-10-6-16(7-11-22)23-14-17(26-2)18(23)15-5-3-8-20-13-15/h3,5,8,13,16-18H,4,6-7,9-12,14H2,1-2H3,(H,21,24)/t17-,18-/m0/s1. The van der Waals surface area contributed by atoms with Crippen LogP contribution in [0.4, 0.5) is 4.79 Å². The van der Waals surface area contributed by atoms with E-state index >= 15 is 0 Å². The van der Waals surface area contributed by atoms with E-state index in [0.717, 1.165) is 38.9 Å². The van der Waals surface area contributed by atoms with Gasteiger partial charge in [-0.3, -0.25) is 9.88 Å². The van der Waals surface area contributed by atoms with Crippen LogP contribution < -0.4 is 5.32 Å². The van der Waals surface area contributed by atoms with Crippen LogP contribution in [0, 0.1) is 0 Å². The number of ether oxygens (including phenoxy) is 2. The largest absolute Gasteiger partial charge is 0.385 e. The van der Waals surface area contributed by atoms with Crippen molar-refractivity contribution >= 4 is 6.03 Å². The van der Waals surface area contributed by atoms with E-state index in [0.29, 0.717) is 19.2 Å². The Hall–Kier alpha value is -1.70. The molecule has 0 bridgehead atoms. The fraction of sp³-hybridized carbons (Fsp3) is 0.684. The Balaban J connectivity index is 1.49. The Morgan fingerprint density at radius 2 is 2.15 bits per heavy atom. The first-order valence-electron chi connectivity index (χ1n) is 9.44. The number of hydrogen-bond acceptors (Lipinski definition) is 5. The molecule has 26 heavy (non-hydrogen) atoms. The second-order valence-electron chi connectivity index (χ2n) is 7.00. The second-order valence-corrected chi connectivity index (χ2v) is 7.00. The lowest BCUT2D eigenvalue weighted by Crippen LogP contribution is -2.61. The Morgan fingerprint density at radius 3 is 2.81 bits per heavy atom. The van der Waals surface area contributed by atoms with Gasteiger partial charge in [0, 0.05) is 65.4 Å². The van der Waals surface area contributed by atoms with Gasteiger partial charge in [-0.1, -0.05) is 6.07 Å². The normalized spacial score (nSPS) is 24.3. The molecule has 0 spiro atoms. The molecule has 2 aliphatic heterocycles. The molecule has 3 rings (SSSR count). The third kappa shape index (κ3) is 4.34. The Morgan fingerprint density at radius 1 is 1.35 bits per heavy atom. The van der Waals surface area contributed by atoms with Gasteiger partial charge in [0.15, 0.2) is 0 Å². The van der Waals surface area contributed by atoms with E-state index in [1.54, 1.807) is 20.4 Å². The van der Waals surface area contributed by atoms with Crippen molar-refractivity contribution in [3.05, 3.63) is 30.1 Å². The van der Waals surface area contributed by atoms with Gasteiger partial charge < -0.3 is 19.7 Å². The highest BCUT2D eigenvalue weighted by molar-refractivity contribution is 5.74. The maximum atomic E-state index is 12.2. The summed E-state index contributed by atoms with van der Waals surface area (Å²) in [6.45, 7) is 3.89. The number of nitrogens with zero attached hydrogens (tertiary/aromatic N) is 3. The molecule has 1 aromatic rings. The summed E-state index contributed by atoms with van der Waals surface area (Å²) in [6.07, 6.45) is 6.81. The number of aromatic nitrogens is 1. The summed E-state index contributed by atoms with van der Waals surface area (Å²) >= 11 is 0. The fourth-order valence-electron chi connectivity index (χ4n) is 3.96. The van der Waals surface area contributed by atoms with Crippen molar-refractivity contribution in [3.8, 4) is 0 Å². The second kappa shape index (κ2) is 9.30. The number of carbonyl (C=O) groups is 1. The molecule has 2 atom stereocenters. The molecular weight excluding hydrogens is 332 g/mol. The maximum Gasteiger partial charge on any atom is 0.317 e. The molecule has 0 radical (unpaired) electrons. The van der Waals surface area contributed by atoms with Gasteiger partial charge in [-0.05, 0) is 30.9 Å². The van der Waals surface area contributed by atoms with Crippen molar-refractivity contribution in [2.45, 2.75) is 37.5 Å². The van der Waals surface area contributed by atoms with E-state index in [4.69, 9.17) is 9.47 Å². The summed E-state index contributed by atoms with van der Waals surface area (Å²) in [5.74, 6) is 0. The Kier molecular flexibility index (Phi) is 6.82. The SMILES string of the molecule is COCCCNC(=O)N1CCC(N2C[C@H](OC)[C@@H]2c2cccnc2)CC1. The minimum absolute atomic E-state index is 0.0433. The van der Waals surface area contributed by atoms with Crippen LogP contribution in [0.15, 0.2) is 24.5 Å². The molecule has 0 aromatic carbocycles. The Bertz CT molecular complexity index is 563. The Labute approximate surface area is 155 Å². The van der Waals surface area contributed by atoms with Gasteiger partial charge in [0.25, 0.3) is 0 Å². The molecule has 7 nitrogen and oxygen atoms in total. The molecule has 2 fully saturated rings. The van der Waals surface area contributed by atoms with E-state index in [-0.39, 0.29) is 18.2 Å². The number of likely N-dealkylation sites (tertiary alicyclic amines) is 2. The number of nitrogens with one attached hydrogen (secondary N) is 1. The summed E-state index contributed by atoms with van der Waals surface area (Å²) in [6, 6.07) is 4.91. The minimum Gasteiger partial charge on any atom is -0.385 e. The first kappa shape index (κ1) is 19.1.